The molecule has 1 aromatic heterocycles. The maximum atomic E-state index is 5.64. The second kappa shape index (κ2) is 21.1. The van der Waals surface area contributed by atoms with E-state index in [-0.39, 0.29) is 0 Å². The first kappa shape index (κ1) is 26.9. The van der Waals surface area contributed by atoms with Crippen LogP contribution in [0, 0.1) is 0 Å². The van der Waals surface area contributed by atoms with Gasteiger partial charge in [0, 0.05) is 13.2 Å². The van der Waals surface area contributed by atoms with Gasteiger partial charge in [-0.15, -0.1) is 10.2 Å². The molecule has 1 aromatic rings. The van der Waals surface area contributed by atoms with Crippen LogP contribution in [0.1, 0.15) is 0 Å². The van der Waals surface area contributed by atoms with Gasteiger partial charge in [0.2, 0.25) is 5.88 Å². The van der Waals surface area contributed by atoms with E-state index in [4.69, 9.17) is 49.5 Å². The predicted molar refractivity (Wildman–Crippen MR) is 109 cm³/mol. The molecule has 0 unspecified atom stereocenters. The van der Waals surface area contributed by atoms with Gasteiger partial charge in [-0.2, -0.15) is 0 Å². The van der Waals surface area contributed by atoms with Crippen molar-refractivity contribution in [2.45, 2.75) is 0 Å². The molecule has 0 aliphatic rings. The summed E-state index contributed by atoms with van der Waals surface area (Å²) in [7, 11) is 1.64. The van der Waals surface area contributed by atoms with Crippen molar-refractivity contribution in [3.05, 3.63) is 17.3 Å². The number of rotatable bonds is 22. The second-order valence-electron chi connectivity index (χ2n) is 5.71. The molecule has 0 N–H and O–H groups in total. The minimum atomic E-state index is 0.327. The zero-order valence-electron chi connectivity index (χ0n) is 17.6. The zero-order valence-corrected chi connectivity index (χ0v) is 18.3. The SMILES string of the molecule is COCCOCCOCCOCCOCCOCCOCCOc1ccc(Cl)nn1. The van der Waals surface area contributed by atoms with Crippen molar-refractivity contribution in [1.29, 1.82) is 0 Å². The van der Waals surface area contributed by atoms with Gasteiger partial charge in [-0.1, -0.05) is 11.6 Å². The van der Waals surface area contributed by atoms with Crippen LogP contribution in [-0.4, -0.2) is 110 Å². The molecule has 1 rings (SSSR count). The Hall–Kier alpha value is -1.11. The topological polar surface area (TPSA) is 99.6 Å². The molecule has 0 saturated heterocycles. The van der Waals surface area contributed by atoms with E-state index in [2.05, 4.69) is 10.2 Å². The number of methoxy groups -OCH3 is 1. The van der Waals surface area contributed by atoms with Crippen molar-refractivity contribution in [1.82, 2.24) is 10.2 Å². The second-order valence-corrected chi connectivity index (χ2v) is 6.10. The summed E-state index contributed by atoms with van der Waals surface area (Å²) >= 11 is 5.64. The molecule has 0 aromatic carbocycles. The fourth-order valence-electron chi connectivity index (χ4n) is 1.93. The van der Waals surface area contributed by atoms with Crippen LogP contribution in [0.4, 0.5) is 0 Å². The average Bonchev–Trinajstić information content (AvgIpc) is 2.76. The van der Waals surface area contributed by atoms with E-state index < -0.39 is 0 Å². The number of hydrogen-bond donors (Lipinski definition) is 0. The van der Waals surface area contributed by atoms with E-state index in [1.807, 2.05) is 0 Å². The van der Waals surface area contributed by atoms with Crippen LogP contribution in [0.25, 0.3) is 0 Å². The van der Waals surface area contributed by atoms with Gasteiger partial charge in [0.1, 0.15) is 6.61 Å². The number of nitrogens with zero attached hydrogens (tertiary/aromatic N) is 2. The van der Waals surface area contributed by atoms with Crippen molar-refractivity contribution in [3.8, 4) is 5.88 Å². The fourth-order valence-corrected chi connectivity index (χ4v) is 2.03. The highest BCUT2D eigenvalue weighted by Crippen LogP contribution is 2.07. The molecule has 0 aliphatic carbocycles. The summed E-state index contributed by atoms with van der Waals surface area (Å²) in [6.07, 6.45) is 0. The van der Waals surface area contributed by atoms with Crippen molar-refractivity contribution in [2.24, 2.45) is 0 Å². The quantitative estimate of drug-likeness (QED) is 0.239. The van der Waals surface area contributed by atoms with Gasteiger partial charge in [0.25, 0.3) is 0 Å². The summed E-state index contributed by atoms with van der Waals surface area (Å²) in [6, 6.07) is 3.27. The van der Waals surface area contributed by atoms with Crippen LogP contribution in [0.2, 0.25) is 5.15 Å². The molecule has 0 amide bonds. The molecule has 1 heterocycles. The minimum Gasteiger partial charge on any atom is -0.474 e. The van der Waals surface area contributed by atoms with Crippen LogP contribution in [0.15, 0.2) is 12.1 Å². The molecule has 0 fully saturated rings. The molecular formula is C19H33ClN2O8. The van der Waals surface area contributed by atoms with Gasteiger partial charge in [-0.3, -0.25) is 0 Å². The van der Waals surface area contributed by atoms with E-state index in [0.717, 1.165) is 0 Å². The molecule has 0 atom stereocenters. The van der Waals surface area contributed by atoms with Gasteiger partial charge in [0.05, 0.1) is 85.9 Å². The van der Waals surface area contributed by atoms with E-state index >= 15 is 0 Å². The lowest BCUT2D eigenvalue weighted by atomic mass is 10.6. The van der Waals surface area contributed by atoms with Gasteiger partial charge < -0.3 is 37.9 Å². The average molecular weight is 453 g/mol. The number of hydrogen-bond acceptors (Lipinski definition) is 10. The first-order valence-electron chi connectivity index (χ1n) is 9.90. The lowest BCUT2D eigenvalue weighted by molar-refractivity contribution is -0.0199. The van der Waals surface area contributed by atoms with E-state index in [9.17, 15) is 0 Å². The first-order chi connectivity index (χ1) is 14.8. The number of aromatic nitrogens is 2. The largest absolute Gasteiger partial charge is 0.474 e. The Bertz CT molecular complexity index is 484. The van der Waals surface area contributed by atoms with E-state index in [0.29, 0.717) is 104 Å². The monoisotopic (exact) mass is 452 g/mol. The molecule has 0 bridgehead atoms. The van der Waals surface area contributed by atoms with Crippen LogP contribution in [-0.2, 0) is 33.2 Å². The maximum absolute atomic E-state index is 5.64. The molecule has 0 aliphatic heterocycles. The van der Waals surface area contributed by atoms with E-state index in [1.54, 1.807) is 19.2 Å². The van der Waals surface area contributed by atoms with Crippen molar-refractivity contribution >= 4 is 11.6 Å². The summed E-state index contributed by atoms with van der Waals surface area (Å²) in [5, 5.41) is 7.79. The number of halogens is 1. The molecule has 11 heteroatoms. The molecule has 0 spiro atoms. The highest BCUT2D eigenvalue weighted by Gasteiger charge is 1.97. The van der Waals surface area contributed by atoms with Gasteiger partial charge in [0.15, 0.2) is 5.15 Å². The summed E-state index contributed by atoms with van der Waals surface area (Å²) in [5.41, 5.74) is 0. The van der Waals surface area contributed by atoms with Gasteiger partial charge >= 0.3 is 0 Å². The molecule has 0 saturated carbocycles. The Morgan fingerprint density at radius 2 is 0.967 bits per heavy atom. The van der Waals surface area contributed by atoms with Crippen LogP contribution < -0.4 is 4.74 Å². The summed E-state index contributed by atoms with van der Waals surface area (Å²) in [4.78, 5) is 0. The first-order valence-corrected chi connectivity index (χ1v) is 10.3. The summed E-state index contributed by atoms with van der Waals surface area (Å²) < 4.78 is 42.5. The Kier molecular flexibility index (Phi) is 19.0. The Balaban J connectivity index is 1.68. The third kappa shape index (κ3) is 17.7. The highest BCUT2D eigenvalue weighted by atomic mass is 35.5. The van der Waals surface area contributed by atoms with Crippen molar-refractivity contribution < 1.29 is 37.9 Å². The van der Waals surface area contributed by atoms with Crippen LogP contribution in [0.5, 0.6) is 5.88 Å². The van der Waals surface area contributed by atoms with Gasteiger partial charge in [-0.25, -0.2) is 0 Å². The molecule has 10 nitrogen and oxygen atoms in total. The molecular weight excluding hydrogens is 420 g/mol. The predicted octanol–water partition coefficient (Wildman–Crippen LogP) is 1.25. The zero-order chi connectivity index (χ0) is 21.5. The maximum Gasteiger partial charge on any atom is 0.233 e. The third-order valence-electron chi connectivity index (χ3n) is 3.38. The minimum absolute atomic E-state index is 0.327. The Labute approximate surface area is 183 Å². The molecule has 174 valence electrons. The Morgan fingerprint density at radius 1 is 0.567 bits per heavy atom. The summed E-state index contributed by atoms with van der Waals surface area (Å²) in [5.74, 6) is 0.413. The standard InChI is InChI=1S/C19H33ClN2O8/c1-23-4-5-24-6-7-25-8-9-26-10-11-27-12-13-28-14-15-29-16-17-30-19-3-2-18(20)21-22-19/h2-3H,4-17H2,1H3. The number of ether oxygens (including phenoxy) is 8. The normalized spacial score (nSPS) is 11.1. The fraction of sp³-hybridized carbons (Fsp3) is 0.789. The lowest BCUT2D eigenvalue weighted by Crippen LogP contribution is -2.15. The van der Waals surface area contributed by atoms with Gasteiger partial charge in [-0.05, 0) is 6.07 Å². The third-order valence-corrected chi connectivity index (χ3v) is 3.58. The molecule has 30 heavy (non-hydrogen) atoms. The lowest BCUT2D eigenvalue weighted by Gasteiger charge is -2.08. The summed E-state index contributed by atoms with van der Waals surface area (Å²) in [6.45, 7) is 7.21. The van der Waals surface area contributed by atoms with Crippen molar-refractivity contribution in [3.63, 3.8) is 0 Å². The van der Waals surface area contributed by atoms with E-state index in [1.165, 1.54) is 0 Å². The smallest absolute Gasteiger partial charge is 0.233 e. The molecule has 0 radical (unpaired) electrons. The highest BCUT2D eigenvalue weighted by molar-refractivity contribution is 6.29. The Morgan fingerprint density at radius 3 is 1.33 bits per heavy atom. The van der Waals surface area contributed by atoms with Crippen molar-refractivity contribution in [2.75, 3.05) is 99.6 Å². The van der Waals surface area contributed by atoms with Crippen LogP contribution in [0.3, 0.4) is 0 Å². The van der Waals surface area contributed by atoms with Crippen LogP contribution >= 0.6 is 11.6 Å².